The zero-order valence-corrected chi connectivity index (χ0v) is 21.1. The number of likely N-dealkylation sites (tertiary alicyclic amines) is 1. The third-order valence-corrected chi connectivity index (χ3v) is 6.85. The van der Waals surface area contributed by atoms with Crippen molar-refractivity contribution in [2.45, 2.75) is 69.6 Å². The van der Waals surface area contributed by atoms with E-state index in [9.17, 15) is 8.42 Å². The standard InChI is InChI=1S/C16H29INO.C7H8O3S/c17-11-10-15-18(13-7-8-14-18)12-6-4-2-1-3-5-9-16-19;1-6-2-4-7(5-3-6)11(8,9)10/h19H,1-9,12-16H2;2-5H,1H3,(H,8,9,10)/q+1;. The molecule has 0 amide bonds. The second kappa shape index (κ2) is 15.2. The summed E-state index contributed by atoms with van der Waals surface area (Å²) in [5, 5.41) is 8.71. The first-order valence-corrected chi connectivity index (χ1v) is 13.4. The summed E-state index contributed by atoms with van der Waals surface area (Å²) in [6.07, 6.45) is 11.7. The molecule has 0 aromatic heterocycles. The van der Waals surface area contributed by atoms with Crippen LogP contribution in [0.4, 0.5) is 0 Å². The van der Waals surface area contributed by atoms with E-state index in [1.54, 1.807) is 12.1 Å². The van der Waals surface area contributed by atoms with Gasteiger partial charge in [-0.2, -0.15) is 8.42 Å². The highest BCUT2D eigenvalue weighted by Gasteiger charge is 2.30. The predicted octanol–water partition coefficient (Wildman–Crippen LogP) is 4.96. The number of rotatable bonds is 11. The fourth-order valence-corrected chi connectivity index (χ4v) is 4.47. The maximum Gasteiger partial charge on any atom is 0.294 e. The van der Waals surface area contributed by atoms with Gasteiger partial charge in [0, 0.05) is 42.0 Å². The van der Waals surface area contributed by atoms with Crippen molar-refractivity contribution in [3.63, 3.8) is 0 Å². The van der Waals surface area contributed by atoms with Crippen LogP contribution in [0.5, 0.6) is 0 Å². The minimum atomic E-state index is -4.02. The van der Waals surface area contributed by atoms with Gasteiger partial charge in [-0.1, -0.05) is 43.4 Å². The lowest BCUT2D eigenvalue weighted by atomic mass is 10.1. The summed E-state index contributed by atoms with van der Waals surface area (Å²) in [5.74, 6) is 3.29. The lowest BCUT2D eigenvalue weighted by molar-refractivity contribution is -0.910. The number of nitrogens with zero attached hydrogens (tertiary/aromatic N) is 1. The van der Waals surface area contributed by atoms with Crippen LogP contribution in [-0.2, 0) is 10.1 Å². The van der Waals surface area contributed by atoms with Gasteiger partial charge in [-0.25, -0.2) is 0 Å². The van der Waals surface area contributed by atoms with Gasteiger partial charge in [0.1, 0.15) is 6.54 Å². The minimum Gasteiger partial charge on any atom is -0.396 e. The quantitative estimate of drug-likeness (QED) is 0.134. The Labute approximate surface area is 196 Å². The average molecular weight is 551 g/mol. The van der Waals surface area contributed by atoms with E-state index in [1.165, 1.54) is 87.6 Å². The van der Waals surface area contributed by atoms with Crippen molar-refractivity contribution in [1.29, 1.82) is 0 Å². The van der Waals surface area contributed by atoms with Gasteiger partial charge in [-0.05, 0) is 48.2 Å². The van der Waals surface area contributed by atoms with E-state index in [2.05, 4.69) is 32.4 Å². The van der Waals surface area contributed by atoms with Crippen LogP contribution >= 0.6 is 22.6 Å². The molecule has 1 aromatic rings. The molecule has 1 heterocycles. The monoisotopic (exact) mass is 550 g/mol. The first kappa shape index (κ1) is 27.4. The number of aliphatic hydroxyl groups is 1. The Morgan fingerprint density at radius 1 is 0.967 bits per heavy atom. The van der Waals surface area contributed by atoms with E-state index in [4.69, 9.17) is 9.66 Å². The molecule has 2 rings (SSSR count). The number of benzene rings is 1. The smallest absolute Gasteiger partial charge is 0.294 e. The number of halogens is 1. The van der Waals surface area contributed by atoms with Crippen LogP contribution in [0.15, 0.2) is 29.2 Å². The van der Waals surface area contributed by atoms with Gasteiger partial charge in [0.05, 0.1) is 24.5 Å². The van der Waals surface area contributed by atoms with Crippen molar-refractivity contribution in [3.05, 3.63) is 29.8 Å². The molecule has 0 aliphatic carbocycles. The lowest BCUT2D eigenvalue weighted by Gasteiger charge is -2.32. The first-order chi connectivity index (χ1) is 14.3. The van der Waals surface area contributed by atoms with Gasteiger partial charge in [-0.15, -0.1) is 0 Å². The molecule has 0 unspecified atom stereocenters. The lowest BCUT2D eigenvalue weighted by Crippen LogP contribution is -2.46. The van der Waals surface area contributed by atoms with E-state index >= 15 is 0 Å². The molecule has 170 valence electrons. The summed E-state index contributed by atoms with van der Waals surface area (Å²) >= 11 is 2.16. The molecule has 0 atom stereocenters. The zero-order chi connectivity index (χ0) is 22.3. The summed E-state index contributed by atoms with van der Waals surface area (Å²) in [6.45, 7) is 7.30. The van der Waals surface area contributed by atoms with Gasteiger partial charge in [-0.3, -0.25) is 4.55 Å². The molecule has 1 aliphatic rings. The molecular formula is C23H37INO4S+. The molecule has 1 aromatic carbocycles. The van der Waals surface area contributed by atoms with Crippen molar-refractivity contribution in [1.82, 2.24) is 0 Å². The Hall–Kier alpha value is -0.660. The topological polar surface area (TPSA) is 74.6 Å². The van der Waals surface area contributed by atoms with Crippen molar-refractivity contribution in [2.24, 2.45) is 0 Å². The largest absolute Gasteiger partial charge is 0.396 e. The third kappa shape index (κ3) is 11.7. The highest BCUT2D eigenvalue weighted by Crippen LogP contribution is 2.21. The Morgan fingerprint density at radius 2 is 1.50 bits per heavy atom. The van der Waals surface area contributed by atoms with Gasteiger partial charge in [0.25, 0.3) is 10.1 Å². The molecule has 0 saturated carbocycles. The predicted molar refractivity (Wildman–Crippen MR) is 131 cm³/mol. The number of aliphatic hydroxyl groups excluding tert-OH is 1. The molecule has 0 spiro atoms. The Kier molecular flexibility index (Phi) is 13.9. The highest BCUT2D eigenvalue weighted by molar-refractivity contribution is 14.1. The molecule has 1 fully saturated rings. The van der Waals surface area contributed by atoms with Gasteiger partial charge >= 0.3 is 0 Å². The summed E-state index contributed by atoms with van der Waals surface area (Å²) in [6, 6.07) is 5.99. The molecule has 5 nitrogen and oxygen atoms in total. The number of aryl methyl sites for hydroxylation is 1. The Bertz CT molecular complexity index is 748. The van der Waals surface area contributed by atoms with E-state index in [-0.39, 0.29) is 4.90 Å². The maximum absolute atomic E-state index is 10.5. The number of quaternary nitrogens is 1. The van der Waals surface area contributed by atoms with Gasteiger partial charge in [0.15, 0.2) is 0 Å². The number of hydrogen-bond donors (Lipinski definition) is 2. The van der Waals surface area contributed by atoms with Crippen LogP contribution in [0.1, 0.15) is 63.4 Å². The van der Waals surface area contributed by atoms with Crippen LogP contribution in [-0.4, -0.2) is 55.3 Å². The molecular weight excluding hydrogens is 513 g/mol. The third-order valence-electron chi connectivity index (χ3n) is 5.61. The molecule has 2 N–H and O–H groups in total. The van der Waals surface area contributed by atoms with Crippen molar-refractivity contribution >= 4 is 32.7 Å². The molecule has 0 radical (unpaired) electrons. The first-order valence-electron chi connectivity index (χ1n) is 10.9. The van der Waals surface area contributed by atoms with Gasteiger partial charge < -0.3 is 9.59 Å². The summed E-state index contributed by atoms with van der Waals surface area (Å²) in [5.41, 5.74) is 0.956. The van der Waals surface area contributed by atoms with E-state index in [0.717, 1.165) is 18.5 Å². The van der Waals surface area contributed by atoms with Crippen LogP contribution in [0.25, 0.3) is 0 Å². The van der Waals surface area contributed by atoms with E-state index in [1.807, 2.05) is 6.92 Å². The van der Waals surface area contributed by atoms with E-state index < -0.39 is 10.1 Å². The zero-order valence-electron chi connectivity index (χ0n) is 18.2. The number of hydrogen-bond acceptors (Lipinski definition) is 3. The summed E-state index contributed by atoms with van der Waals surface area (Å²) in [7, 11) is -4.02. The summed E-state index contributed by atoms with van der Waals surface area (Å²) < 4.78 is 33.8. The van der Waals surface area contributed by atoms with Crippen LogP contribution < -0.4 is 0 Å². The molecule has 1 aliphatic heterocycles. The minimum absolute atomic E-state index is 0.0666. The van der Waals surface area contributed by atoms with E-state index in [0.29, 0.717) is 6.61 Å². The van der Waals surface area contributed by atoms with Crippen LogP contribution in [0.2, 0.25) is 0 Å². The maximum atomic E-state index is 10.5. The second-order valence-electron chi connectivity index (χ2n) is 8.14. The molecule has 30 heavy (non-hydrogen) atoms. The highest BCUT2D eigenvalue weighted by atomic mass is 127. The molecule has 7 heteroatoms. The molecule has 0 bridgehead atoms. The SMILES string of the molecule is Cc1ccc(S(=O)(=O)O)cc1.OCCCCCCCCC[N+]1(CC#CI)CCCC1. The van der Waals surface area contributed by atoms with Crippen LogP contribution in [0.3, 0.4) is 0 Å². The van der Waals surface area contributed by atoms with Gasteiger partial charge in [0.2, 0.25) is 0 Å². The average Bonchev–Trinajstić information content (AvgIpc) is 3.18. The Balaban J connectivity index is 0.000000346. The Morgan fingerprint density at radius 3 is 2.00 bits per heavy atom. The van der Waals surface area contributed by atoms with Crippen LogP contribution in [0, 0.1) is 16.8 Å². The fraction of sp³-hybridized carbons (Fsp3) is 0.652. The van der Waals surface area contributed by atoms with Crippen molar-refractivity contribution in [2.75, 3.05) is 32.8 Å². The fourth-order valence-electron chi connectivity index (χ4n) is 3.82. The van der Waals surface area contributed by atoms with Crippen molar-refractivity contribution < 1.29 is 22.6 Å². The molecule has 1 saturated heterocycles. The van der Waals surface area contributed by atoms with Crippen molar-refractivity contribution in [3.8, 4) is 9.85 Å². The summed E-state index contributed by atoms with van der Waals surface area (Å²) in [4.78, 5) is -0.0666. The normalized spacial score (nSPS) is 15.1. The number of unbranched alkanes of at least 4 members (excludes halogenated alkanes) is 6. The second-order valence-corrected chi connectivity index (χ2v) is 10.1.